The van der Waals surface area contributed by atoms with E-state index in [0.717, 1.165) is 40.7 Å². The summed E-state index contributed by atoms with van der Waals surface area (Å²) in [6, 6.07) is 36.2. The number of nitrogens with zero attached hydrogens (tertiary/aromatic N) is 4. The molecule has 5 heteroatoms. The van der Waals surface area contributed by atoms with Crippen molar-refractivity contribution in [2.45, 2.75) is 52.5 Å². The average Bonchev–Trinajstić information content (AvgIpc) is 3.53. The maximum Gasteiger partial charge on any atom is 0.137 e. The van der Waals surface area contributed by atoms with Crippen LogP contribution in [0.25, 0.3) is 27.6 Å². The van der Waals surface area contributed by atoms with E-state index in [1.807, 2.05) is 12.3 Å². The number of para-hydroxylation sites is 3. The number of rotatable bonds is 4. The monoisotopic (exact) mass is 566 g/mol. The second-order valence-corrected chi connectivity index (χ2v) is 13.4. The van der Waals surface area contributed by atoms with Gasteiger partial charge in [-0.3, -0.25) is 4.57 Å². The highest BCUT2D eigenvalue weighted by Crippen LogP contribution is 2.44. The molecule has 7 rings (SSSR count). The molecule has 0 saturated carbocycles. The Morgan fingerprint density at radius 3 is 2.16 bits per heavy atom. The first-order valence-electron chi connectivity index (χ1n) is 15.0. The molecule has 0 spiro atoms. The van der Waals surface area contributed by atoms with E-state index in [9.17, 15) is 0 Å². The number of ether oxygens (including phenoxy) is 1. The van der Waals surface area contributed by atoms with Crippen molar-refractivity contribution in [2.75, 3.05) is 16.5 Å². The quantitative estimate of drug-likeness (QED) is 0.213. The van der Waals surface area contributed by atoms with Crippen molar-refractivity contribution < 1.29 is 4.74 Å². The van der Waals surface area contributed by atoms with Crippen LogP contribution in [-0.4, -0.2) is 21.8 Å². The molecule has 3 heterocycles. The molecule has 0 N–H and O–H groups in total. The Kier molecular flexibility index (Phi) is 6.24. The van der Waals surface area contributed by atoms with Crippen LogP contribution < -0.4 is 14.5 Å². The summed E-state index contributed by atoms with van der Waals surface area (Å²) in [4.78, 5) is 9.63. The van der Waals surface area contributed by atoms with E-state index in [4.69, 9.17) is 9.72 Å². The van der Waals surface area contributed by atoms with Gasteiger partial charge in [0.15, 0.2) is 0 Å². The van der Waals surface area contributed by atoms with Crippen LogP contribution in [0.15, 0.2) is 109 Å². The van der Waals surface area contributed by atoms with E-state index in [2.05, 4.69) is 153 Å². The van der Waals surface area contributed by atoms with Gasteiger partial charge in [-0.25, -0.2) is 4.98 Å². The Morgan fingerprint density at radius 1 is 0.651 bits per heavy atom. The normalized spacial score (nSPS) is 13.6. The summed E-state index contributed by atoms with van der Waals surface area (Å²) >= 11 is 0. The molecule has 0 fully saturated rings. The van der Waals surface area contributed by atoms with E-state index in [-0.39, 0.29) is 11.0 Å². The van der Waals surface area contributed by atoms with E-state index >= 15 is 0 Å². The predicted molar refractivity (Wildman–Crippen MR) is 179 cm³/mol. The standard InChI is InChI=1S/C38H38N4O/c1-37(2,3)26-20-21-39-36(22-26)42-32-15-8-7-14-30(32)31-19-18-29(24-35(31)42)43-28-13-11-12-27(23-28)40-25-41(38(4,5)6)34-17-10-9-16-33(34)40/h7-24H,25H2,1-6H3. The van der Waals surface area contributed by atoms with Crippen molar-refractivity contribution in [2.24, 2.45) is 0 Å². The fraction of sp³-hybridized carbons (Fsp3) is 0.237. The molecule has 0 unspecified atom stereocenters. The van der Waals surface area contributed by atoms with Crippen LogP contribution in [-0.2, 0) is 5.41 Å². The molecule has 5 nitrogen and oxygen atoms in total. The zero-order valence-corrected chi connectivity index (χ0v) is 25.8. The first kappa shape index (κ1) is 27.1. The second kappa shape index (κ2) is 9.91. The highest BCUT2D eigenvalue weighted by molar-refractivity contribution is 6.09. The molecule has 4 aromatic carbocycles. The fourth-order valence-electron chi connectivity index (χ4n) is 6.13. The van der Waals surface area contributed by atoms with Gasteiger partial charge in [-0.15, -0.1) is 0 Å². The molecule has 2 aromatic heterocycles. The third-order valence-electron chi connectivity index (χ3n) is 8.41. The van der Waals surface area contributed by atoms with Crippen LogP contribution in [0.4, 0.5) is 17.1 Å². The Bertz CT molecular complexity index is 1970. The minimum atomic E-state index is 0.00802. The molecule has 6 aromatic rings. The fourth-order valence-corrected chi connectivity index (χ4v) is 6.13. The van der Waals surface area contributed by atoms with Crippen molar-refractivity contribution in [1.82, 2.24) is 9.55 Å². The smallest absolute Gasteiger partial charge is 0.137 e. The van der Waals surface area contributed by atoms with E-state index in [1.54, 1.807) is 0 Å². The molecule has 0 aliphatic carbocycles. The third kappa shape index (κ3) is 4.79. The van der Waals surface area contributed by atoms with E-state index in [0.29, 0.717) is 0 Å². The molecule has 43 heavy (non-hydrogen) atoms. The lowest BCUT2D eigenvalue weighted by molar-refractivity contribution is 0.483. The summed E-state index contributed by atoms with van der Waals surface area (Å²) in [5.41, 5.74) is 7.06. The number of aromatic nitrogens is 2. The Labute approximate surface area is 254 Å². The maximum absolute atomic E-state index is 6.56. The lowest BCUT2D eigenvalue weighted by atomic mass is 9.88. The van der Waals surface area contributed by atoms with Gasteiger partial charge in [0.05, 0.1) is 29.1 Å². The van der Waals surface area contributed by atoms with E-state index < -0.39 is 0 Å². The Hall–Kier alpha value is -4.77. The summed E-state index contributed by atoms with van der Waals surface area (Å²) in [6.07, 6.45) is 1.92. The first-order valence-corrected chi connectivity index (χ1v) is 15.0. The number of hydrogen-bond donors (Lipinski definition) is 0. The van der Waals surface area contributed by atoms with Crippen molar-refractivity contribution in [3.63, 3.8) is 0 Å². The van der Waals surface area contributed by atoms with Crippen LogP contribution >= 0.6 is 0 Å². The van der Waals surface area contributed by atoms with Crippen molar-refractivity contribution in [3.8, 4) is 17.3 Å². The highest BCUT2D eigenvalue weighted by atomic mass is 16.5. The highest BCUT2D eigenvalue weighted by Gasteiger charge is 2.33. The van der Waals surface area contributed by atoms with Gasteiger partial charge in [0, 0.05) is 40.3 Å². The van der Waals surface area contributed by atoms with Crippen LogP contribution in [0.1, 0.15) is 47.1 Å². The number of anilines is 3. The third-order valence-corrected chi connectivity index (χ3v) is 8.41. The first-order chi connectivity index (χ1) is 20.6. The van der Waals surface area contributed by atoms with Gasteiger partial charge < -0.3 is 14.5 Å². The number of hydrogen-bond acceptors (Lipinski definition) is 4. The SMILES string of the molecule is CC(C)(C)c1ccnc(-n2c3ccccc3c3ccc(Oc4cccc(N5CN(C(C)(C)C)c6ccccc65)c4)cc32)c1. The number of benzene rings is 4. The van der Waals surface area contributed by atoms with Crippen LogP contribution in [0.3, 0.4) is 0 Å². The van der Waals surface area contributed by atoms with Crippen LogP contribution in [0.5, 0.6) is 11.5 Å². The molecule has 0 amide bonds. The molecule has 0 bridgehead atoms. The summed E-state index contributed by atoms with van der Waals surface area (Å²) in [5.74, 6) is 2.51. The Balaban J connectivity index is 1.28. The van der Waals surface area contributed by atoms with Crippen LogP contribution in [0, 0.1) is 0 Å². The second-order valence-electron chi connectivity index (χ2n) is 13.4. The molecule has 0 saturated heterocycles. The van der Waals surface area contributed by atoms with E-state index in [1.165, 1.54) is 27.7 Å². The topological polar surface area (TPSA) is 33.5 Å². The van der Waals surface area contributed by atoms with Crippen molar-refractivity contribution in [1.29, 1.82) is 0 Å². The van der Waals surface area contributed by atoms with Gasteiger partial charge >= 0.3 is 0 Å². The molecule has 0 radical (unpaired) electrons. The predicted octanol–water partition coefficient (Wildman–Crippen LogP) is 9.98. The zero-order valence-electron chi connectivity index (χ0n) is 25.8. The minimum absolute atomic E-state index is 0.00802. The molecular formula is C38H38N4O. The molecule has 1 aliphatic heterocycles. The van der Waals surface area contributed by atoms with Gasteiger partial charge in [0.1, 0.15) is 17.3 Å². The lowest BCUT2D eigenvalue weighted by Gasteiger charge is -2.34. The average molecular weight is 567 g/mol. The van der Waals surface area contributed by atoms with Gasteiger partial charge in [-0.1, -0.05) is 57.2 Å². The van der Waals surface area contributed by atoms with Crippen LogP contribution in [0.2, 0.25) is 0 Å². The summed E-state index contributed by atoms with van der Waals surface area (Å²) < 4.78 is 8.82. The summed E-state index contributed by atoms with van der Waals surface area (Å²) in [5, 5.41) is 2.38. The lowest BCUT2D eigenvalue weighted by Crippen LogP contribution is -2.42. The van der Waals surface area contributed by atoms with Gasteiger partial charge in [-0.2, -0.15) is 0 Å². The van der Waals surface area contributed by atoms with Crippen molar-refractivity contribution in [3.05, 3.63) is 115 Å². The number of pyridine rings is 1. The maximum atomic E-state index is 6.56. The minimum Gasteiger partial charge on any atom is -0.457 e. The molecule has 1 aliphatic rings. The Morgan fingerprint density at radius 2 is 1.37 bits per heavy atom. The number of fused-ring (bicyclic) bond motifs is 4. The van der Waals surface area contributed by atoms with Gasteiger partial charge in [0.2, 0.25) is 0 Å². The van der Waals surface area contributed by atoms with Gasteiger partial charge in [-0.05, 0) is 86.3 Å². The van der Waals surface area contributed by atoms with Crippen molar-refractivity contribution >= 4 is 38.9 Å². The molecular weight excluding hydrogens is 528 g/mol. The largest absolute Gasteiger partial charge is 0.457 e. The summed E-state index contributed by atoms with van der Waals surface area (Å²) in [6.45, 7) is 14.3. The molecule has 0 atom stereocenters. The summed E-state index contributed by atoms with van der Waals surface area (Å²) in [7, 11) is 0. The zero-order chi connectivity index (χ0) is 29.9. The van der Waals surface area contributed by atoms with Gasteiger partial charge in [0.25, 0.3) is 0 Å². The molecule has 216 valence electrons.